The molecule has 0 aliphatic carbocycles. The minimum absolute atomic E-state index is 0.0290. The lowest BCUT2D eigenvalue weighted by Crippen LogP contribution is -1.97. The van der Waals surface area contributed by atoms with E-state index in [0.717, 1.165) is 0 Å². The zero-order chi connectivity index (χ0) is 13.9. The summed E-state index contributed by atoms with van der Waals surface area (Å²) in [6, 6.07) is 14.6. The predicted octanol–water partition coefficient (Wildman–Crippen LogP) is 3.38. The van der Waals surface area contributed by atoms with Gasteiger partial charge in [0, 0.05) is 23.3 Å². The SMILES string of the molecule is CS(=O)(=Nc1ccccc1)c1ccc([N+](=O)[O-])cc1. The van der Waals surface area contributed by atoms with E-state index >= 15 is 0 Å². The third kappa shape index (κ3) is 3.17. The Balaban J connectivity index is 2.42. The van der Waals surface area contributed by atoms with Gasteiger partial charge in [-0.1, -0.05) is 18.2 Å². The molecule has 19 heavy (non-hydrogen) atoms. The topological polar surface area (TPSA) is 72.6 Å². The Morgan fingerprint density at radius 1 is 1.05 bits per heavy atom. The van der Waals surface area contributed by atoms with Gasteiger partial charge in [-0.3, -0.25) is 10.1 Å². The zero-order valence-electron chi connectivity index (χ0n) is 10.2. The van der Waals surface area contributed by atoms with Gasteiger partial charge >= 0.3 is 0 Å². The Morgan fingerprint density at radius 2 is 1.63 bits per heavy atom. The number of hydrogen-bond acceptors (Lipinski definition) is 4. The second kappa shape index (κ2) is 5.19. The highest BCUT2D eigenvalue weighted by molar-refractivity contribution is 7.93. The van der Waals surface area contributed by atoms with E-state index in [2.05, 4.69) is 4.36 Å². The largest absolute Gasteiger partial charge is 0.269 e. The molecule has 2 aromatic rings. The average molecular weight is 276 g/mol. The summed E-state index contributed by atoms with van der Waals surface area (Å²) in [5, 5.41) is 10.6. The van der Waals surface area contributed by atoms with E-state index in [0.29, 0.717) is 10.6 Å². The minimum Gasteiger partial charge on any atom is -0.258 e. The minimum atomic E-state index is -2.60. The van der Waals surface area contributed by atoms with E-state index in [9.17, 15) is 14.3 Å². The summed E-state index contributed by atoms with van der Waals surface area (Å²) in [4.78, 5) is 10.5. The highest BCUT2D eigenvalue weighted by atomic mass is 32.2. The van der Waals surface area contributed by atoms with Crippen molar-refractivity contribution in [2.24, 2.45) is 4.36 Å². The Hall–Kier alpha value is -2.21. The van der Waals surface area contributed by atoms with Crippen LogP contribution in [0.1, 0.15) is 0 Å². The molecule has 0 radical (unpaired) electrons. The second-order valence-corrected chi connectivity index (χ2v) is 6.24. The highest BCUT2D eigenvalue weighted by Gasteiger charge is 2.09. The van der Waals surface area contributed by atoms with Gasteiger partial charge in [-0.05, 0) is 24.3 Å². The molecule has 0 bridgehead atoms. The summed E-state index contributed by atoms with van der Waals surface area (Å²) in [5.74, 6) is 0. The standard InChI is InChI=1S/C13H12N2O3S/c1-19(18,14-11-5-3-2-4-6-11)13-9-7-12(8-10-13)15(16)17/h2-10H,1H3. The van der Waals surface area contributed by atoms with E-state index in [-0.39, 0.29) is 5.69 Å². The number of benzene rings is 2. The third-order valence-electron chi connectivity index (χ3n) is 2.52. The summed E-state index contributed by atoms with van der Waals surface area (Å²) in [5.41, 5.74) is 0.590. The number of nitrogens with zero attached hydrogens (tertiary/aromatic N) is 2. The van der Waals surface area contributed by atoms with E-state index < -0.39 is 14.7 Å². The van der Waals surface area contributed by atoms with Crippen molar-refractivity contribution in [1.82, 2.24) is 0 Å². The molecule has 0 amide bonds. The molecule has 1 atom stereocenters. The zero-order valence-corrected chi connectivity index (χ0v) is 11.0. The van der Waals surface area contributed by atoms with Crippen LogP contribution in [0.15, 0.2) is 63.9 Å². The van der Waals surface area contributed by atoms with Crippen molar-refractivity contribution in [3.8, 4) is 0 Å². The summed E-state index contributed by atoms with van der Waals surface area (Å²) in [7, 11) is -2.60. The first-order valence-electron chi connectivity index (χ1n) is 5.51. The molecule has 0 saturated carbocycles. The van der Waals surface area contributed by atoms with Crippen molar-refractivity contribution in [1.29, 1.82) is 0 Å². The quantitative estimate of drug-likeness (QED) is 0.637. The molecule has 5 nitrogen and oxygen atoms in total. The molecule has 2 rings (SSSR count). The average Bonchev–Trinajstić information content (AvgIpc) is 2.39. The first-order chi connectivity index (χ1) is 8.99. The lowest BCUT2D eigenvalue weighted by molar-refractivity contribution is -0.384. The summed E-state index contributed by atoms with van der Waals surface area (Å²) in [6.45, 7) is 0. The summed E-state index contributed by atoms with van der Waals surface area (Å²) >= 11 is 0. The normalized spacial score (nSPS) is 13.5. The fourth-order valence-corrected chi connectivity index (χ4v) is 2.83. The number of nitro benzene ring substituents is 1. The summed E-state index contributed by atoms with van der Waals surface area (Å²) < 4.78 is 16.7. The smallest absolute Gasteiger partial charge is 0.258 e. The Morgan fingerprint density at radius 3 is 2.16 bits per heavy atom. The van der Waals surface area contributed by atoms with Crippen LogP contribution in [0.25, 0.3) is 0 Å². The maximum atomic E-state index is 12.5. The molecule has 0 spiro atoms. The van der Waals surface area contributed by atoms with Crippen LogP contribution in [0.5, 0.6) is 0 Å². The van der Waals surface area contributed by atoms with E-state index in [1.165, 1.54) is 30.5 Å². The molecule has 0 saturated heterocycles. The van der Waals surface area contributed by atoms with Gasteiger partial charge in [0.25, 0.3) is 5.69 Å². The number of nitro groups is 1. The maximum absolute atomic E-state index is 12.5. The molecule has 1 unspecified atom stereocenters. The molecular weight excluding hydrogens is 264 g/mol. The molecule has 6 heteroatoms. The van der Waals surface area contributed by atoms with Gasteiger partial charge in [-0.15, -0.1) is 0 Å². The van der Waals surface area contributed by atoms with Gasteiger partial charge in [0.15, 0.2) is 0 Å². The van der Waals surface area contributed by atoms with Gasteiger partial charge < -0.3 is 0 Å². The first kappa shape index (κ1) is 13.2. The molecule has 0 heterocycles. The van der Waals surface area contributed by atoms with Crippen LogP contribution in [0.2, 0.25) is 0 Å². The van der Waals surface area contributed by atoms with E-state index in [4.69, 9.17) is 0 Å². The molecule has 0 fully saturated rings. The predicted molar refractivity (Wildman–Crippen MR) is 74.0 cm³/mol. The van der Waals surface area contributed by atoms with Gasteiger partial charge in [-0.25, -0.2) is 4.21 Å². The van der Waals surface area contributed by atoms with Gasteiger partial charge in [-0.2, -0.15) is 4.36 Å². The van der Waals surface area contributed by atoms with Crippen molar-refractivity contribution < 1.29 is 9.13 Å². The van der Waals surface area contributed by atoms with Crippen LogP contribution in [0.4, 0.5) is 11.4 Å². The third-order valence-corrected chi connectivity index (χ3v) is 4.23. The van der Waals surface area contributed by atoms with Crippen LogP contribution in [0, 0.1) is 10.1 Å². The van der Waals surface area contributed by atoms with Crippen molar-refractivity contribution in [3.05, 3.63) is 64.7 Å². The van der Waals surface area contributed by atoms with Crippen LogP contribution < -0.4 is 0 Å². The number of rotatable bonds is 3. The Labute approximate surface area is 111 Å². The number of non-ortho nitro benzene ring substituents is 1. The molecule has 0 N–H and O–H groups in total. The lowest BCUT2D eigenvalue weighted by atomic mass is 10.3. The molecular formula is C13H12N2O3S. The maximum Gasteiger partial charge on any atom is 0.269 e. The van der Waals surface area contributed by atoms with Crippen LogP contribution in [-0.4, -0.2) is 15.4 Å². The van der Waals surface area contributed by atoms with Crippen LogP contribution >= 0.6 is 0 Å². The highest BCUT2D eigenvalue weighted by Crippen LogP contribution is 2.21. The van der Waals surface area contributed by atoms with Crippen molar-refractivity contribution in [2.75, 3.05) is 6.26 Å². The van der Waals surface area contributed by atoms with Gasteiger partial charge in [0.1, 0.15) is 0 Å². The van der Waals surface area contributed by atoms with Gasteiger partial charge in [0.05, 0.1) is 20.3 Å². The first-order valence-corrected chi connectivity index (χ1v) is 7.43. The molecule has 0 aliphatic rings. The molecule has 0 aliphatic heterocycles. The fraction of sp³-hybridized carbons (Fsp3) is 0.0769. The Kier molecular flexibility index (Phi) is 3.62. The fourth-order valence-electron chi connectivity index (χ4n) is 1.56. The lowest BCUT2D eigenvalue weighted by Gasteiger charge is -2.04. The van der Waals surface area contributed by atoms with Crippen LogP contribution in [-0.2, 0) is 9.73 Å². The molecule has 2 aromatic carbocycles. The molecule has 98 valence electrons. The van der Waals surface area contributed by atoms with E-state index in [1.807, 2.05) is 18.2 Å². The number of hydrogen-bond donors (Lipinski definition) is 0. The van der Waals surface area contributed by atoms with Crippen molar-refractivity contribution in [3.63, 3.8) is 0 Å². The molecule has 0 aromatic heterocycles. The van der Waals surface area contributed by atoms with Crippen molar-refractivity contribution in [2.45, 2.75) is 4.90 Å². The van der Waals surface area contributed by atoms with E-state index in [1.54, 1.807) is 12.1 Å². The van der Waals surface area contributed by atoms with Gasteiger partial charge in [0.2, 0.25) is 0 Å². The Bertz CT molecular complexity index is 702. The summed E-state index contributed by atoms with van der Waals surface area (Å²) in [6.07, 6.45) is 1.52. The van der Waals surface area contributed by atoms with Crippen LogP contribution in [0.3, 0.4) is 0 Å². The van der Waals surface area contributed by atoms with Crippen molar-refractivity contribution >= 4 is 21.1 Å². The monoisotopic (exact) mass is 276 g/mol. The second-order valence-electron chi connectivity index (χ2n) is 3.98.